The van der Waals surface area contributed by atoms with Crippen molar-refractivity contribution in [2.45, 2.75) is 13.0 Å². The molecule has 2 aromatic heterocycles. The van der Waals surface area contributed by atoms with Crippen molar-refractivity contribution in [3.63, 3.8) is 0 Å². The molecule has 0 radical (unpaired) electrons. The average Bonchev–Trinajstić information content (AvgIpc) is 2.97. The van der Waals surface area contributed by atoms with E-state index in [9.17, 15) is 4.39 Å². The van der Waals surface area contributed by atoms with E-state index in [2.05, 4.69) is 15.2 Å². The van der Waals surface area contributed by atoms with Gasteiger partial charge in [0.25, 0.3) is 0 Å². The van der Waals surface area contributed by atoms with Gasteiger partial charge in [-0.25, -0.2) is 4.39 Å². The Morgan fingerprint density at radius 3 is 3.00 bits per heavy atom. The number of aromatic amines is 2. The molecule has 0 saturated heterocycles. The molecule has 3 aromatic rings. The summed E-state index contributed by atoms with van der Waals surface area (Å²) in [5, 5.41) is 7.75. The first-order valence-corrected chi connectivity index (χ1v) is 5.74. The summed E-state index contributed by atoms with van der Waals surface area (Å²) in [6.07, 6.45) is 4.35. The van der Waals surface area contributed by atoms with Crippen LogP contribution in [-0.2, 0) is 13.0 Å². The van der Waals surface area contributed by atoms with Crippen molar-refractivity contribution in [1.82, 2.24) is 15.2 Å². The van der Waals surface area contributed by atoms with Crippen molar-refractivity contribution in [2.24, 2.45) is 5.73 Å². The highest BCUT2D eigenvalue weighted by Gasteiger charge is 2.09. The zero-order chi connectivity index (χ0) is 12.5. The third-order valence-electron chi connectivity index (χ3n) is 3.12. The highest BCUT2D eigenvalue weighted by Crippen LogP contribution is 2.22. The van der Waals surface area contributed by atoms with E-state index in [4.69, 9.17) is 5.73 Å². The summed E-state index contributed by atoms with van der Waals surface area (Å²) in [7, 11) is 0. The normalized spacial score (nSPS) is 11.2. The molecule has 0 fully saturated rings. The molecule has 0 saturated carbocycles. The maximum absolute atomic E-state index is 13.3. The average molecular weight is 244 g/mol. The zero-order valence-electron chi connectivity index (χ0n) is 9.70. The summed E-state index contributed by atoms with van der Waals surface area (Å²) in [5.74, 6) is -0.227. The fourth-order valence-electron chi connectivity index (χ4n) is 2.17. The molecule has 0 atom stereocenters. The molecule has 18 heavy (non-hydrogen) atoms. The summed E-state index contributed by atoms with van der Waals surface area (Å²) in [5.41, 5.74) is 9.56. The lowest BCUT2D eigenvalue weighted by Crippen LogP contribution is -2.00. The number of benzene rings is 1. The standard InChI is InChI=1S/C13H13FN4/c14-10-1-2-12-11(4-10)8(6-16-12)3-9-7-17-18-13(9)5-15/h1-2,4,6-7,16H,3,5,15H2,(H,17,18). The molecular weight excluding hydrogens is 231 g/mol. The van der Waals surface area contributed by atoms with Gasteiger partial charge in [0.05, 0.1) is 11.9 Å². The Labute approximate surface area is 103 Å². The van der Waals surface area contributed by atoms with Crippen LogP contribution in [0, 0.1) is 5.82 Å². The van der Waals surface area contributed by atoms with Gasteiger partial charge in [-0.2, -0.15) is 5.10 Å². The number of fused-ring (bicyclic) bond motifs is 1. The molecule has 4 nitrogen and oxygen atoms in total. The van der Waals surface area contributed by atoms with Gasteiger partial charge >= 0.3 is 0 Å². The molecule has 0 aliphatic rings. The Hall–Kier alpha value is -2.14. The quantitative estimate of drug-likeness (QED) is 0.660. The molecule has 4 N–H and O–H groups in total. The van der Waals surface area contributed by atoms with Crippen LogP contribution in [0.3, 0.4) is 0 Å². The van der Waals surface area contributed by atoms with Gasteiger partial charge in [-0.3, -0.25) is 5.10 Å². The number of aromatic nitrogens is 3. The number of nitrogens with zero attached hydrogens (tertiary/aromatic N) is 1. The number of H-pyrrole nitrogens is 2. The van der Waals surface area contributed by atoms with E-state index in [1.54, 1.807) is 18.3 Å². The minimum atomic E-state index is -0.227. The fourth-order valence-corrected chi connectivity index (χ4v) is 2.17. The van der Waals surface area contributed by atoms with Crippen molar-refractivity contribution in [1.29, 1.82) is 0 Å². The topological polar surface area (TPSA) is 70.5 Å². The van der Waals surface area contributed by atoms with Crippen LogP contribution in [0.15, 0.2) is 30.6 Å². The summed E-state index contributed by atoms with van der Waals surface area (Å²) >= 11 is 0. The highest BCUT2D eigenvalue weighted by molar-refractivity contribution is 5.83. The minimum absolute atomic E-state index is 0.227. The van der Waals surface area contributed by atoms with Crippen molar-refractivity contribution in [3.05, 3.63) is 53.2 Å². The first kappa shape index (κ1) is 11.0. The van der Waals surface area contributed by atoms with Crippen LogP contribution < -0.4 is 5.73 Å². The Bertz CT molecular complexity index is 683. The lowest BCUT2D eigenvalue weighted by molar-refractivity contribution is 0.629. The van der Waals surface area contributed by atoms with E-state index in [-0.39, 0.29) is 5.82 Å². The van der Waals surface area contributed by atoms with Crippen molar-refractivity contribution in [2.75, 3.05) is 0 Å². The predicted octanol–water partition coefficient (Wildman–Crippen LogP) is 2.08. The van der Waals surface area contributed by atoms with E-state index < -0.39 is 0 Å². The van der Waals surface area contributed by atoms with Crippen LogP contribution in [-0.4, -0.2) is 15.2 Å². The van der Waals surface area contributed by atoms with Crippen molar-refractivity contribution < 1.29 is 4.39 Å². The smallest absolute Gasteiger partial charge is 0.123 e. The van der Waals surface area contributed by atoms with Crippen LogP contribution >= 0.6 is 0 Å². The fraction of sp³-hybridized carbons (Fsp3) is 0.154. The van der Waals surface area contributed by atoms with E-state index in [1.165, 1.54) is 6.07 Å². The Morgan fingerprint density at radius 2 is 2.17 bits per heavy atom. The largest absolute Gasteiger partial charge is 0.361 e. The number of nitrogens with two attached hydrogens (primary N) is 1. The first-order valence-electron chi connectivity index (χ1n) is 5.74. The number of hydrogen-bond donors (Lipinski definition) is 3. The molecule has 0 aliphatic heterocycles. The predicted molar refractivity (Wildman–Crippen MR) is 67.5 cm³/mol. The van der Waals surface area contributed by atoms with Crippen LogP contribution in [0.5, 0.6) is 0 Å². The van der Waals surface area contributed by atoms with Crippen molar-refractivity contribution >= 4 is 10.9 Å². The van der Waals surface area contributed by atoms with Gasteiger partial charge in [-0.1, -0.05) is 0 Å². The highest BCUT2D eigenvalue weighted by atomic mass is 19.1. The number of nitrogens with one attached hydrogen (secondary N) is 2. The number of rotatable bonds is 3. The van der Waals surface area contributed by atoms with E-state index in [0.29, 0.717) is 13.0 Å². The van der Waals surface area contributed by atoms with Gasteiger partial charge in [0.15, 0.2) is 0 Å². The molecule has 1 aromatic carbocycles. The van der Waals surface area contributed by atoms with E-state index in [0.717, 1.165) is 27.7 Å². The molecular formula is C13H13FN4. The monoisotopic (exact) mass is 244 g/mol. The van der Waals surface area contributed by atoms with Crippen LogP contribution in [0.1, 0.15) is 16.8 Å². The zero-order valence-corrected chi connectivity index (χ0v) is 9.70. The van der Waals surface area contributed by atoms with Crippen LogP contribution in [0.2, 0.25) is 0 Å². The molecule has 2 heterocycles. The van der Waals surface area contributed by atoms with Crippen LogP contribution in [0.4, 0.5) is 4.39 Å². The van der Waals surface area contributed by atoms with Gasteiger partial charge in [-0.15, -0.1) is 0 Å². The molecule has 92 valence electrons. The summed E-state index contributed by atoms with van der Waals surface area (Å²) in [6.45, 7) is 0.423. The summed E-state index contributed by atoms with van der Waals surface area (Å²) in [4.78, 5) is 3.14. The molecule has 5 heteroatoms. The third kappa shape index (κ3) is 1.78. The van der Waals surface area contributed by atoms with Crippen LogP contribution in [0.25, 0.3) is 10.9 Å². The van der Waals surface area contributed by atoms with Gasteiger partial charge in [0.2, 0.25) is 0 Å². The second-order valence-electron chi connectivity index (χ2n) is 4.26. The van der Waals surface area contributed by atoms with Crippen molar-refractivity contribution in [3.8, 4) is 0 Å². The lowest BCUT2D eigenvalue weighted by atomic mass is 10.0. The molecule has 0 unspecified atom stereocenters. The van der Waals surface area contributed by atoms with E-state index in [1.807, 2.05) is 6.20 Å². The Kier molecular flexibility index (Phi) is 2.60. The first-order chi connectivity index (χ1) is 8.78. The second-order valence-corrected chi connectivity index (χ2v) is 4.26. The molecule has 0 spiro atoms. The lowest BCUT2D eigenvalue weighted by Gasteiger charge is -2.00. The Balaban J connectivity index is 2.02. The number of hydrogen-bond acceptors (Lipinski definition) is 2. The Morgan fingerprint density at radius 1 is 1.28 bits per heavy atom. The van der Waals surface area contributed by atoms with E-state index >= 15 is 0 Å². The van der Waals surface area contributed by atoms with Gasteiger partial charge < -0.3 is 10.7 Å². The minimum Gasteiger partial charge on any atom is -0.361 e. The van der Waals surface area contributed by atoms with Gasteiger partial charge in [0.1, 0.15) is 5.82 Å². The SMILES string of the molecule is NCc1[nH]ncc1Cc1c[nH]c2ccc(F)cc12. The summed E-state index contributed by atoms with van der Waals surface area (Å²) in [6, 6.07) is 4.74. The summed E-state index contributed by atoms with van der Waals surface area (Å²) < 4.78 is 13.3. The molecule has 0 bridgehead atoms. The maximum atomic E-state index is 13.3. The third-order valence-corrected chi connectivity index (χ3v) is 3.12. The van der Waals surface area contributed by atoms with Gasteiger partial charge in [0, 0.05) is 30.1 Å². The van der Waals surface area contributed by atoms with Gasteiger partial charge in [-0.05, 0) is 29.3 Å². The maximum Gasteiger partial charge on any atom is 0.123 e. The molecule has 3 rings (SSSR count). The second kappa shape index (κ2) is 4.27. The molecule has 0 amide bonds. The number of halogens is 1. The molecule has 0 aliphatic carbocycles.